The number of nitrogens with zero attached hydrogens (tertiary/aromatic N) is 1. The summed E-state index contributed by atoms with van der Waals surface area (Å²) < 4.78 is 0. The summed E-state index contributed by atoms with van der Waals surface area (Å²) >= 11 is 0. The van der Waals surface area contributed by atoms with Crippen LogP contribution in [0.4, 0.5) is 0 Å². The Morgan fingerprint density at radius 3 is 2.76 bits per heavy atom. The van der Waals surface area contributed by atoms with Gasteiger partial charge in [0.1, 0.15) is 5.78 Å². The van der Waals surface area contributed by atoms with E-state index < -0.39 is 0 Å². The lowest BCUT2D eigenvalue weighted by Crippen LogP contribution is -2.38. The number of carbonyl (C=O) groups excluding carboxylic acids is 2. The van der Waals surface area contributed by atoms with E-state index in [2.05, 4.69) is 5.32 Å². The highest BCUT2D eigenvalue weighted by Gasteiger charge is 2.24. The molecule has 1 N–H and O–H groups in total. The standard InChI is InChI=1S/C13H22N2O2/c16-12(11-5-2-1-3-6-11)9-15-8-4-7-14-13(17)10-15/h11H,1-10H2,(H,14,17). The average molecular weight is 238 g/mol. The number of rotatable bonds is 3. The highest BCUT2D eigenvalue weighted by Crippen LogP contribution is 2.24. The highest BCUT2D eigenvalue weighted by molar-refractivity contribution is 5.84. The molecule has 2 rings (SSSR count). The van der Waals surface area contributed by atoms with Crippen LogP contribution in [0.15, 0.2) is 0 Å². The van der Waals surface area contributed by atoms with Gasteiger partial charge in [-0.3, -0.25) is 14.5 Å². The number of ketones is 1. The largest absolute Gasteiger partial charge is 0.355 e. The molecule has 1 saturated carbocycles. The quantitative estimate of drug-likeness (QED) is 0.796. The van der Waals surface area contributed by atoms with E-state index in [1.54, 1.807) is 0 Å². The van der Waals surface area contributed by atoms with Gasteiger partial charge < -0.3 is 5.32 Å². The van der Waals surface area contributed by atoms with E-state index in [1.807, 2.05) is 4.90 Å². The minimum Gasteiger partial charge on any atom is -0.355 e. The Labute approximate surface area is 103 Å². The molecule has 2 aliphatic rings. The molecule has 17 heavy (non-hydrogen) atoms. The summed E-state index contributed by atoms with van der Waals surface area (Å²) in [5, 5.41) is 2.84. The number of nitrogens with one attached hydrogen (secondary N) is 1. The maximum absolute atomic E-state index is 12.1. The summed E-state index contributed by atoms with van der Waals surface area (Å²) in [6.07, 6.45) is 6.71. The number of Topliss-reactive ketones (excluding diaryl/α,β-unsaturated/α-hetero) is 1. The molecular weight excluding hydrogens is 216 g/mol. The molecule has 0 radical (unpaired) electrons. The Hall–Kier alpha value is -0.900. The highest BCUT2D eigenvalue weighted by atomic mass is 16.2. The van der Waals surface area contributed by atoms with Gasteiger partial charge in [-0.05, 0) is 19.3 Å². The zero-order valence-electron chi connectivity index (χ0n) is 10.4. The van der Waals surface area contributed by atoms with Crippen molar-refractivity contribution >= 4 is 11.7 Å². The second-order valence-electron chi connectivity index (χ2n) is 5.22. The third kappa shape index (κ3) is 3.80. The van der Waals surface area contributed by atoms with E-state index in [-0.39, 0.29) is 11.8 Å². The van der Waals surface area contributed by atoms with Crippen LogP contribution in [0.5, 0.6) is 0 Å². The number of hydrogen-bond acceptors (Lipinski definition) is 3. The first-order valence-electron chi connectivity index (χ1n) is 6.77. The molecule has 0 aromatic carbocycles. The number of amides is 1. The lowest BCUT2D eigenvalue weighted by atomic mass is 9.86. The van der Waals surface area contributed by atoms with E-state index >= 15 is 0 Å². The van der Waals surface area contributed by atoms with Crippen LogP contribution >= 0.6 is 0 Å². The number of carbonyl (C=O) groups is 2. The van der Waals surface area contributed by atoms with E-state index in [0.29, 0.717) is 18.9 Å². The predicted molar refractivity (Wildman–Crippen MR) is 65.6 cm³/mol. The third-order valence-corrected chi connectivity index (χ3v) is 3.78. The van der Waals surface area contributed by atoms with Crippen molar-refractivity contribution < 1.29 is 9.59 Å². The zero-order valence-corrected chi connectivity index (χ0v) is 10.4. The first-order valence-corrected chi connectivity index (χ1v) is 6.77. The summed E-state index contributed by atoms with van der Waals surface area (Å²) in [5.74, 6) is 0.661. The molecule has 4 heteroatoms. The predicted octanol–water partition coefficient (Wildman–Crippen LogP) is 0.958. The van der Waals surface area contributed by atoms with Gasteiger partial charge in [-0.15, -0.1) is 0 Å². The molecule has 1 aliphatic heterocycles. The van der Waals surface area contributed by atoms with Gasteiger partial charge in [-0.1, -0.05) is 19.3 Å². The van der Waals surface area contributed by atoms with Crippen LogP contribution in [0, 0.1) is 5.92 Å². The van der Waals surface area contributed by atoms with Crippen LogP contribution in [0.1, 0.15) is 38.5 Å². The van der Waals surface area contributed by atoms with E-state index in [9.17, 15) is 9.59 Å². The second kappa shape index (κ2) is 6.15. The number of hydrogen-bond donors (Lipinski definition) is 1. The molecule has 0 unspecified atom stereocenters. The summed E-state index contributed by atoms with van der Waals surface area (Å²) in [7, 11) is 0. The van der Waals surface area contributed by atoms with Crippen LogP contribution in [0.25, 0.3) is 0 Å². The first kappa shape index (κ1) is 12.6. The van der Waals surface area contributed by atoms with E-state index in [0.717, 1.165) is 32.4 Å². The fourth-order valence-electron chi connectivity index (χ4n) is 2.78. The van der Waals surface area contributed by atoms with Crippen molar-refractivity contribution in [2.75, 3.05) is 26.2 Å². The average Bonchev–Trinajstić information content (AvgIpc) is 2.55. The van der Waals surface area contributed by atoms with Crippen LogP contribution in [0.3, 0.4) is 0 Å². The van der Waals surface area contributed by atoms with Crippen LogP contribution < -0.4 is 5.32 Å². The topological polar surface area (TPSA) is 49.4 Å². The van der Waals surface area contributed by atoms with Crippen molar-refractivity contribution in [3.05, 3.63) is 0 Å². The van der Waals surface area contributed by atoms with Crippen molar-refractivity contribution in [1.29, 1.82) is 0 Å². The Balaban J connectivity index is 1.81. The van der Waals surface area contributed by atoms with Gasteiger partial charge in [0.2, 0.25) is 5.91 Å². The fraction of sp³-hybridized carbons (Fsp3) is 0.846. The third-order valence-electron chi connectivity index (χ3n) is 3.78. The van der Waals surface area contributed by atoms with Crippen molar-refractivity contribution in [2.24, 2.45) is 5.92 Å². The minimum absolute atomic E-state index is 0.0546. The normalized spacial score (nSPS) is 24.1. The molecule has 1 aliphatic carbocycles. The van der Waals surface area contributed by atoms with Gasteiger partial charge in [0, 0.05) is 19.0 Å². The molecule has 1 amide bonds. The summed E-state index contributed by atoms with van der Waals surface area (Å²) in [4.78, 5) is 25.5. The maximum Gasteiger partial charge on any atom is 0.234 e. The van der Waals surface area contributed by atoms with Crippen molar-refractivity contribution in [2.45, 2.75) is 38.5 Å². The maximum atomic E-state index is 12.1. The zero-order chi connectivity index (χ0) is 12.1. The van der Waals surface area contributed by atoms with Gasteiger partial charge in [-0.25, -0.2) is 0 Å². The smallest absolute Gasteiger partial charge is 0.234 e. The van der Waals surface area contributed by atoms with Crippen molar-refractivity contribution in [1.82, 2.24) is 10.2 Å². The molecule has 4 nitrogen and oxygen atoms in total. The Morgan fingerprint density at radius 1 is 1.24 bits per heavy atom. The Bertz CT molecular complexity index is 285. The van der Waals surface area contributed by atoms with Crippen molar-refractivity contribution in [3.63, 3.8) is 0 Å². The van der Waals surface area contributed by atoms with Gasteiger partial charge in [0.25, 0.3) is 0 Å². The molecular formula is C13H22N2O2. The Kier molecular flexibility index (Phi) is 4.54. The summed E-state index contributed by atoms with van der Waals surface area (Å²) in [5.41, 5.74) is 0. The fourth-order valence-corrected chi connectivity index (χ4v) is 2.78. The monoisotopic (exact) mass is 238 g/mol. The molecule has 96 valence electrons. The summed E-state index contributed by atoms with van der Waals surface area (Å²) in [6, 6.07) is 0. The van der Waals surface area contributed by atoms with Crippen molar-refractivity contribution in [3.8, 4) is 0 Å². The summed E-state index contributed by atoms with van der Waals surface area (Å²) in [6.45, 7) is 2.46. The SMILES string of the molecule is O=C1CN(CC(=O)C2CCCCC2)CCCN1. The Morgan fingerprint density at radius 2 is 2.00 bits per heavy atom. The van der Waals surface area contributed by atoms with E-state index in [4.69, 9.17) is 0 Å². The van der Waals surface area contributed by atoms with Gasteiger partial charge in [0.15, 0.2) is 0 Å². The molecule has 1 heterocycles. The molecule has 0 bridgehead atoms. The molecule has 0 aromatic rings. The van der Waals surface area contributed by atoms with Crippen LogP contribution in [-0.2, 0) is 9.59 Å². The van der Waals surface area contributed by atoms with Gasteiger partial charge >= 0.3 is 0 Å². The molecule has 1 saturated heterocycles. The van der Waals surface area contributed by atoms with Gasteiger partial charge in [0.05, 0.1) is 13.1 Å². The lowest BCUT2D eigenvalue weighted by molar-refractivity contribution is -0.126. The molecule has 0 atom stereocenters. The van der Waals surface area contributed by atoms with Crippen LogP contribution in [-0.4, -0.2) is 42.8 Å². The molecule has 0 aromatic heterocycles. The van der Waals surface area contributed by atoms with Gasteiger partial charge in [-0.2, -0.15) is 0 Å². The second-order valence-corrected chi connectivity index (χ2v) is 5.22. The minimum atomic E-state index is 0.0546. The first-order chi connectivity index (χ1) is 8.25. The van der Waals surface area contributed by atoms with Crippen LogP contribution in [0.2, 0.25) is 0 Å². The lowest BCUT2D eigenvalue weighted by Gasteiger charge is -2.24. The van der Waals surface area contributed by atoms with E-state index in [1.165, 1.54) is 19.3 Å². The molecule has 2 fully saturated rings. The molecule has 0 spiro atoms.